The molecule has 1 atom stereocenters. The molecule has 162 valence electrons. The van der Waals surface area contributed by atoms with Crippen LogP contribution < -0.4 is 5.32 Å². The van der Waals surface area contributed by atoms with Crippen LogP contribution in [0, 0.1) is 6.92 Å². The van der Waals surface area contributed by atoms with E-state index in [0.717, 1.165) is 18.7 Å². The number of carboxylic acids is 1. The fourth-order valence-corrected chi connectivity index (χ4v) is 5.23. The third-order valence-electron chi connectivity index (χ3n) is 4.45. The lowest BCUT2D eigenvalue weighted by atomic mass is 10.2. The van der Waals surface area contributed by atoms with Crippen molar-refractivity contribution in [3.63, 3.8) is 0 Å². The Bertz CT molecular complexity index is 925. The summed E-state index contributed by atoms with van der Waals surface area (Å²) in [4.78, 5) is 30.1. The molecule has 1 aliphatic heterocycles. The number of nitrogens with one attached hydrogen (secondary N) is 1. The Morgan fingerprint density at radius 1 is 1.40 bits per heavy atom. The van der Waals surface area contributed by atoms with Gasteiger partial charge in [0.2, 0.25) is 5.91 Å². The number of amides is 1. The lowest BCUT2D eigenvalue weighted by Crippen LogP contribution is -2.47. The molecule has 2 heterocycles. The van der Waals surface area contributed by atoms with E-state index in [1.807, 2.05) is 12.1 Å². The van der Waals surface area contributed by atoms with E-state index in [-0.39, 0.29) is 23.5 Å². The molecule has 7 nitrogen and oxygen atoms in total. The third-order valence-corrected chi connectivity index (χ3v) is 7.30. The first-order valence-electron chi connectivity index (χ1n) is 9.20. The quantitative estimate of drug-likeness (QED) is 0.547. The summed E-state index contributed by atoms with van der Waals surface area (Å²) in [6, 6.07) is 5.61. The van der Waals surface area contributed by atoms with Gasteiger partial charge in [0.05, 0.1) is 28.5 Å². The van der Waals surface area contributed by atoms with Crippen LogP contribution in [0.2, 0.25) is 10.0 Å². The number of rotatable bonds is 8. The van der Waals surface area contributed by atoms with Crippen molar-refractivity contribution in [2.75, 3.05) is 32.0 Å². The zero-order valence-electron chi connectivity index (χ0n) is 16.2. The number of halogens is 2. The molecule has 0 bridgehead atoms. The number of hydrogen-bond acceptors (Lipinski definition) is 7. The van der Waals surface area contributed by atoms with Crippen LogP contribution >= 0.6 is 46.3 Å². The molecule has 0 aliphatic carbocycles. The Balaban J connectivity index is 1.42. The third kappa shape index (κ3) is 6.57. The van der Waals surface area contributed by atoms with Gasteiger partial charge in [0.15, 0.2) is 10.0 Å². The number of carboxylic acid groups (broad SMARTS) is 1. The fraction of sp³-hybridized carbons (Fsp3) is 0.421. The maximum absolute atomic E-state index is 12.2. The van der Waals surface area contributed by atoms with Crippen LogP contribution in [0.1, 0.15) is 20.9 Å². The van der Waals surface area contributed by atoms with Crippen molar-refractivity contribution in [2.45, 2.75) is 23.9 Å². The summed E-state index contributed by atoms with van der Waals surface area (Å²) in [5.41, 5.74) is 1.12. The number of carbonyl (C=O) groups is 2. The second-order valence-electron chi connectivity index (χ2n) is 6.76. The summed E-state index contributed by atoms with van der Waals surface area (Å²) < 4.78 is 6.33. The van der Waals surface area contributed by atoms with Crippen molar-refractivity contribution in [2.24, 2.45) is 0 Å². The Labute approximate surface area is 192 Å². The first kappa shape index (κ1) is 23.3. The minimum absolute atomic E-state index is 0.0422. The molecule has 2 N–H and O–H groups in total. The molecule has 11 heteroatoms. The first-order chi connectivity index (χ1) is 14.3. The molecule has 1 aromatic heterocycles. The van der Waals surface area contributed by atoms with Gasteiger partial charge in [-0.3, -0.25) is 9.69 Å². The number of ether oxygens (including phenoxy) is 1. The molecule has 0 spiro atoms. The van der Waals surface area contributed by atoms with E-state index >= 15 is 0 Å². The maximum atomic E-state index is 12.2. The number of aryl methyl sites for hydroxylation is 1. The number of thiazole rings is 1. The van der Waals surface area contributed by atoms with Crippen molar-refractivity contribution >= 4 is 58.2 Å². The molecular formula is C19H21Cl2N3O4S2. The molecule has 0 saturated carbocycles. The van der Waals surface area contributed by atoms with Crippen LogP contribution in [-0.2, 0) is 16.1 Å². The van der Waals surface area contributed by atoms with Crippen molar-refractivity contribution in [1.82, 2.24) is 15.2 Å². The molecule has 2 aromatic rings. The number of nitrogens with zero attached hydrogens (tertiary/aromatic N) is 2. The Morgan fingerprint density at radius 2 is 2.20 bits per heavy atom. The lowest BCUT2D eigenvalue weighted by Gasteiger charge is -2.33. The molecule has 1 aliphatic rings. The van der Waals surface area contributed by atoms with E-state index in [4.69, 9.17) is 33.0 Å². The van der Waals surface area contributed by atoms with Gasteiger partial charge in [-0.05, 0) is 24.6 Å². The van der Waals surface area contributed by atoms with Gasteiger partial charge in [0.25, 0.3) is 0 Å². The van der Waals surface area contributed by atoms with Crippen LogP contribution in [0.5, 0.6) is 0 Å². The van der Waals surface area contributed by atoms with Crippen LogP contribution in [0.25, 0.3) is 0 Å². The normalized spacial score (nSPS) is 17.1. The molecule has 1 saturated heterocycles. The largest absolute Gasteiger partial charge is 0.476 e. The smallest absolute Gasteiger partial charge is 0.355 e. The first-order valence-corrected chi connectivity index (χ1v) is 11.8. The van der Waals surface area contributed by atoms with Crippen LogP contribution in [0.15, 0.2) is 22.5 Å². The summed E-state index contributed by atoms with van der Waals surface area (Å²) >= 11 is 14.6. The number of benzene rings is 1. The van der Waals surface area contributed by atoms with Gasteiger partial charge in [0.1, 0.15) is 0 Å². The van der Waals surface area contributed by atoms with Crippen LogP contribution in [-0.4, -0.2) is 65.0 Å². The Hall–Kier alpha value is -1.36. The Morgan fingerprint density at radius 3 is 2.90 bits per heavy atom. The molecular weight excluding hydrogens is 469 g/mol. The van der Waals surface area contributed by atoms with Crippen molar-refractivity contribution in [3.05, 3.63) is 44.4 Å². The number of aromatic carboxylic acids is 1. The molecule has 1 fully saturated rings. The highest BCUT2D eigenvalue weighted by Crippen LogP contribution is 2.27. The van der Waals surface area contributed by atoms with Gasteiger partial charge < -0.3 is 15.2 Å². The highest BCUT2D eigenvalue weighted by Gasteiger charge is 2.21. The van der Waals surface area contributed by atoms with Crippen LogP contribution in [0.4, 0.5) is 0 Å². The van der Waals surface area contributed by atoms with Gasteiger partial charge in [-0.2, -0.15) is 0 Å². The van der Waals surface area contributed by atoms with Crippen molar-refractivity contribution in [1.29, 1.82) is 0 Å². The average molecular weight is 490 g/mol. The topological polar surface area (TPSA) is 91.8 Å². The number of morpholine rings is 1. The van der Waals surface area contributed by atoms with Gasteiger partial charge >= 0.3 is 5.97 Å². The standard InChI is InChI=1S/C19H21Cl2N3O4S2/c1-11-17(18(26)27)23-19(30-11)29-10-16(25)22-7-13-9-24(4-5-28-13)8-12-2-3-14(20)15(21)6-12/h2-3,6,13H,4-5,7-10H2,1H3,(H,22,25)(H,26,27)/t13-/m0/s1. The number of hydrogen-bond donors (Lipinski definition) is 2. The average Bonchev–Trinajstić information content (AvgIpc) is 3.09. The monoisotopic (exact) mass is 489 g/mol. The van der Waals surface area contributed by atoms with E-state index in [1.54, 1.807) is 13.0 Å². The fourth-order valence-electron chi connectivity index (χ4n) is 2.98. The molecule has 0 radical (unpaired) electrons. The predicted molar refractivity (Wildman–Crippen MR) is 119 cm³/mol. The summed E-state index contributed by atoms with van der Waals surface area (Å²) in [6.45, 7) is 4.93. The molecule has 30 heavy (non-hydrogen) atoms. The zero-order chi connectivity index (χ0) is 21.7. The Kier molecular flexibility index (Phi) is 8.38. The van der Waals surface area contributed by atoms with Gasteiger partial charge in [-0.25, -0.2) is 9.78 Å². The van der Waals surface area contributed by atoms with Gasteiger partial charge in [0, 0.05) is 31.1 Å². The second-order valence-corrected chi connectivity index (χ2v) is 10.00. The highest BCUT2D eigenvalue weighted by atomic mass is 35.5. The molecule has 3 rings (SSSR count). The minimum atomic E-state index is -1.06. The summed E-state index contributed by atoms with van der Waals surface area (Å²) in [7, 11) is 0. The van der Waals surface area contributed by atoms with E-state index < -0.39 is 5.97 Å². The molecule has 1 aromatic carbocycles. The van der Waals surface area contributed by atoms with Crippen LogP contribution in [0.3, 0.4) is 0 Å². The van der Waals surface area contributed by atoms with Gasteiger partial charge in [-0.1, -0.05) is 41.0 Å². The zero-order valence-corrected chi connectivity index (χ0v) is 19.3. The maximum Gasteiger partial charge on any atom is 0.355 e. The van der Waals surface area contributed by atoms with E-state index in [2.05, 4.69) is 15.2 Å². The van der Waals surface area contributed by atoms with Crippen molar-refractivity contribution < 1.29 is 19.4 Å². The summed E-state index contributed by atoms with van der Waals surface area (Å²) in [6.07, 6.45) is -0.101. The number of thioether (sulfide) groups is 1. The lowest BCUT2D eigenvalue weighted by molar-refractivity contribution is -0.119. The molecule has 1 amide bonds. The predicted octanol–water partition coefficient (Wildman–Crippen LogP) is 3.57. The van der Waals surface area contributed by atoms with E-state index in [1.165, 1.54) is 23.1 Å². The van der Waals surface area contributed by atoms with E-state index in [0.29, 0.717) is 39.0 Å². The highest BCUT2D eigenvalue weighted by molar-refractivity contribution is 8.01. The van der Waals surface area contributed by atoms with Gasteiger partial charge in [-0.15, -0.1) is 11.3 Å². The van der Waals surface area contributed by atoms with E-state index in [9.17, 15) is 9.59 Å². The molecule has 0 unspecified atom stereocenters. The summed E-state index contributed by atoms with van der Waals surface area (Å²) in [5.74, 6) is -1.03. The van der Waals surface area contributed by atoms with Crippen molar-refractivity contribution in [3.8, 4) is 0 Å². The SMILES string of the molecule is Cc1sc(SCC(=O)NC[C@H]2CN(Cc3ccc(Cl)c(Cl)c3)CCO2)nc1C(=O)O. The number of carbonyl (C=O) groups excluding carboxylic acids is 1. The second kappa shape index (κ2) is 10.8. The number of aromatic nitrogens is 1. The minimum Gasteiger partial charge on any atom is -0.476 e. The summed E-state index contributed by atoms with van der Waals surface area (Å²) in [5, 5.41) is 13.0.